The van der Waals surface area contributed by atoms with E-state index in [1.54, 1.807) is 6.20 Å². The van der Waals surface area contributed by atoms with Gasteiger partial charge >= 0.3 is 0 Å². The van der Waals surface area contributed by atoms with E-state index in [1.165, 1.54) is 0 Å². The van der Waals surface area contributed by atoms with Gasteiger partial charge in [0.1, 0.15) is 5.69 Å². The van der Waals surface area contributed by atoms with Crippen molar-refractivity contribution in [2.75, 3.05) is 19.7 Å². The highest BCUT2D eigenvalue weighted by atomic mass is 16.5. The Morgan fingerprint density at radius 2 is 2.00 bits per heavy atom. The number of amides is 1. The summed E-state index contributed by atoms with van der Waals surface area (Å²) >= 11 is 0. The molecule has 4 heterocycles. The van der Waals surface area contributed by atoms with Crippen LogP contribution in [-0.4, -0.2) is 56.1 Å². The first-order valence-corrected chi connectivity index (χ1v) is 9.78. The smallest absolute Gasteiger partial charge is 0.225 e. The highest BCUT2D eigenvalue weighted by Gasteiger charge is 2.36. The van der Waals surface area contributed by atoms with Crippen LogP contribution >= 0.6 is 0 Å². The van der Waals surface area contributed by atoms with Crippen molar-refractivity contribution >= 4 is 5.91 Å². The third kappa shape index (κ3) is 4.03. The van der Waals surface area contributed by atoms with Crippen LogP contribution in [0.3, 0.4) is 0 Å². The van der Waals surface area contributed by atoms with E-state index in [0.29, 0.717) is 6.61 Å². The predicted molar refractivity (Wildman–Crippen MR) is 101 cm³/mol. The van der Waals surface area contributed by atoms with Gasteiger partial charge in [0, 0.05) is 31.8 Å². The zero-order valence-electron chi connectivity index (χ0n) is 16.0. The zero-order chi connectivity index (χ0) is 18.9. The fourth-order valence-electron chi connectivity index (χ4n) is 4.14. The van der Waals surface area contributed by atoms with Crippen LogP contribution in [-0.2, 0) is 9.53 Å². The number of carbonyl (C=O) groups excluding carboxylic acids is 1. The van der Waals surface area contributed by atoms with E-state index < -0.39 is 0 Å². The van der Waals surface area contributed by atoms with Crippen molar-refractivity contribution < 1.29 is 9.53 Å². The molecule has 1 unspecified atom stereocenters. The number of rotatable bonds is 3. The van der Waals surface area contributed by atoms with E-state index in [-0.39, 0.29) is 23.5 Å². The van der Waals surface area contributed by atoms with Gasteiger partial charge in [0.25, 0.3) is 0 Å². The van der Waals surface area contributed by atoms with Crippen LogP contribution in [0.15, 0.2) is 30.6 Å². The van der Waals surface area contributed by atoms with Crippen LogP contribution in [0.2, 0.25) is 0 Å². The van der Waals surface area contributed by atoms with E-state index in [2.05, 4.69) is 29.1 Å². The molecule has 1 atom stereocenters. The summed E-state index contributed by atoms with van der Waals surface area (Å²) < 4.78 is 7.69. The van der Waals surface area contributed by atoms with Crippen molar-refractivity contribution in [2.24, 2.45) is 5.92 Å². The van der Waals surface area contributed by atoms with E-state index in [1.807, 2.05) is 34.0 Å². The number of hydrogen-bond acceptors (Lipinski definition) is 5. The second-order valence-electron chi connectivity index (χ2n) is 8.15. The first-order chi connectivity index (χ1) is 13.0. The fraction of sp³-hybridized carbons (Fsp3) is 0.600. The van der Waals surface area contributed by atoms with Gasteiger partial charge in [0.2, 0.25) is 5.91 Å². The molecule has 7 nitrogen and oxygen atoms in total. The number of hydrogen-bond donors (Lipinski definition) is 0. The second kappa shape index (κ2) is 7.38. The molecular formula is C20H27N5O2. The SMILES string of the molecule is CC1(C)CC(C(=O)N2CCC(n3cc(-c4ccccn4)nn3)CC2)CCO1. The summed E-state index contributed by atoms with van der Waals surface area (Å²) in [5.41, 5.74) is 1.43. The predicted octanol–water partition coefficient (Wildman–Crippen LogP) is 2.71. The Kier molecular flexibility index (Phi) is 4.95. The molecule has 2 aliphatic rings. The van der Waals surface area contributed by atoms with Crippen molar-refractivity contribution in [1.82, 2.24) is 24.9 Å². The summed E-state index contributed by atoms with van der Waals surface area (Å²) in [6.45, 7) is 6.38. The first kappa shape index (κ1) is 18.1. The molecule has 144 valence electrons. The van der Waals surface area contributed by atoms with Gasteiger partial charge in [-0.2, -0.15) is 0 Å². The van der Waals surface area contributed by atoms with Crippen LogP contribution < -0.4 is 0 Å². The Bertz CT molecular complexity index is 781. The summed E-state index contributed by atoms with van der Waals surface area (Å²) in [7, 11) is 0. The molecular weight excluding hydrogens is 342 g/mol. The second-order valence-corrected chi connectivity index (χ2v) is 8.15. The number of pyridine rings is 1. The van der Waals surface area contributed by atoms with E-state index in [4.69, 9.17) is 4.74 Å². The maximum absolute atomic E-state index is 12.9. The summed E-state index contributed by atoms with van der Waals surface area (Å²) in [5.74, 6) is 0.380. The number of carbonyl (C=O) groups is 1. The maximum atomic E-state index is 12.9. The van der Waals surface area contributed by atoms with Gasteiger partial charge in [-0.25, -0.2) is 4.68 Å². The molecule has 2 aliphatic heterocycles. The van der Waals surface area contributed by atoms with Crippen LogP contribution in [0, 0.1) is 5.92 Å². The largest absolute Gasteiger partial charge is 0.376 e. The van der Waals surface area contributed by atoms with Crippen LogP contribution in [0.5, 0.6) is 0 Å². The first-order valence-electron chi connectivity index (χ1n) is 9.78. The Morgan fingerprint density at radius 1 is 1.19 bits per heavy atom. The highest BCUT2D eigenvalue weighted by Crippen LogP contribution is 2.31. The molecule has 0 bridgehead atoms. The molecule has 2 aromatic heterocycles. The average molecular weight is 369 g/mol. The number of ether oxygens (including phenoxy) is 1. The molecule has 7 heteroatoms. The Morgan fingerprint density at radius 3 is 2.70 bits per heavy atom. The monoisotopic (exact) mass is 369 g/mol. The molecule has 2 fully saturated rings. The lowest BCUT2D eigenvalue weighted by Crippen LogP contribution is -2.46. The third-order valence-electron chi connectivity index (χ3n) is 5.63. The van der Waals surface area contributed by atoms with E-state index in [9.17, 15) is 4.79 Å². The van der Waals surface area contributed by atoms with Crippen molar-refractivity contribution in [1.29, 1.82) is 0 Å². The molecule has 0 aromatic carbocycles. The van der Waals surface area contributed by atoms with E-state index in [0.717, 1.165) is 50.2 Å². The van der Waals surface area contributed by atoms with Crippen molar-refractivity contribution in [2.45, 2.75) is 51.2 Å². The van der Waals surface area contributed by atoms with Crippen molar-refractivity contribution in [3.05, 3.63) is 30.6 Å². The van der Waals surface area contributed by atoms with Gasteiger partial charge < -0.3 is 9.64 Å². The summed E-state index contributed by atoms with van der Waals surface area (Å²) in [5, 5.41) is 8.56. The highest BCUT2D eigenvalue weighted by molar-refractivity contribution is 5.79. The molecule has 2 saturated heterocycles. The Labute approximate surface area is 159 Å². The topological polar surface area (TPSA) is 73.1 Å². The zero-order valence-corrected chi connectivity index (χ0v) is 16.0. The minimum Gasteiger partial charge on any atom is -0.376 e. The molecule has 2 aromatic rings. The molecule has 1 amide bonds. The fourth-order valence-corrected chi connectivity index (χ4v) is 4.14. The lowest BCUT2D eigenvalue weighted by molar-refractivity contribution is -0.146. The van der Waals surface area contributed by atoms with Gasteiger partial charge in [0.15, 0.2) is 0 Å². The van der Waals surface area contributed by atoms with Gasteiger partial charge in [-0.3, -0.25) is 9.78 Å². The lowest BCUT2D eigenvalue weighted by Gasteiger charge is -2.39. The van der Waals surface area contributed by atoms with Gasteiger partial charge in [0.05, 0.1) is 23.5 Å². The van der Waals surface area contributed by atoms with Crippen LogP contribution in [0.1, 0.15) is 45.6 Å². The minimum absolute atomic E-state index is 0.0902. The molecule has 4 rings (SSSR count). The van der Waals surface area contributed by atoms with Gasteiger partial charge in [-0.15, -0.1) is 5.10 Å². The van der Waals surface area contributed by atoms with E-state index >= 15 is 0 Å². The van der Waals surface area contributed by atoms with Crippen molar-refractivity contribution in [3.8, 4) is 11.4 Å². The van der Waals surface area contributed by atoms with Crippen LogP contribution in [0.4, 0.5) is 0 Å². The number of likely N-dealkylation sites (tertiary alicyclic amines) is 1. The Hall–Kier alpha value is -2.28. The summed E-state index contributed by atoms with van der Waals surface area (Å²) in [4.78, 5) is 19.3. The number of nitrogens with zero attached hydrogens (tertiary/aromatic N) is 5. The summed E-state index contributed by atoms with van der Waals surface area (Å²) in [6.07, 6.45) is 7.18. The number of piperidine rings is 1. The quantitative estimate of drug-likeness (QED) is 0.832. The third-order valence-corrected chi connectivity index (χ3v) is 5.63. The molecule has 0 spiro atoms. The minimum atomic E-state index is -0.195. The van der Waals surface area contributed by atoms with Crippen molar-refractivity contribution in [3.63, 3.8) is 0 Å². The van der Waals surface area contributed by atoms with Crippen LogP contribution in [0.25, 0.3) is 11.4 Å². The normalized spacial score (nSPS) is 23.3. The standard InChI is InChI=1S/C20H27N5O2/c1-20(2)13-15(8-12-27-20)19(26)24-10-6-16(7-11-24)25-14-18(22-23-25)17-5-3-4-9-21-17/h3-5,9,14-16H,6-8,10-13H2,1-2H3. The summed E-state index contributed by atoms with van der Waals surface area (Å²) in [6, 6.07) is 6.05. The van der Waals surface area contributed by atoms with Gasteiger partial charge in [-0.1, -0.05) is 11.3 Å². The number of aromatic nitrogens is 4. The average Bonchev–Trinajstić information content (AvgIpc) is 3.18. The molecule has 0 radical (unpaired) electrons. The lowest BCUT2D eigenvalue weighted by atomic mass is 9.87. The van der Waals surface area contributed by atoms with Gasteiger partial charge in [-0.05, 0) is 51.7 Å². The molecule has 27 heavy (non-hydrogen) atoms. The Balaban J connectivity index is 1.35. The molecule has 0 N–H and O–H groups in total. The molecule has 0 saturated carbocycles. The maximum Gasteiger partial charge on any atom is 0.225 e. The molecule has 0 aliphatic carbocycles.